The number of nitrogens with zero attached hydrogens (tertiary/aromatic N) is 1. The number of aromatic amines is 1. The Morgan fingerprint density at radius 1 is 1.56 bits per heavy atom. The van der Waals surface area contributed by atoms with Gasteiger partial charge in [-0.15, -0.1) is 11.6 Å². The predicted octanol–water partition coefficient (Wildman–Crippen LogP) is -1.47. The fourth-order valence-electron chi connectivity index (χ4n) is 1.73. The predicted molar refractivity (Wildman–Crippen MR) is 57.9 cm³/mol. The second-order valence-corrected chi connectivity index (χ2v) is 4.33. The van der Waals surface area contributed by atoms with E-state index in [0.29, 0.717) is 6.20 Å². The summed E-state index contributed by atoms with van der Waals surface area (Å²) in [6.07, 6.45) is -2.70. The number of aromatic nitrogens is 2. The summed E-state index contributed by atoms with van der Waals surface area (Å²) in [4.78, 5) is 24.1. The maximum atomic E-state index is 13.1. The Morgan fingerprint density at radius 3 is 2.78 bits per heavy atom. The van der Waals surface area contributed by atoms with Crippen molar-refractivity contribution in [3.8, 4) is 0 Å². The molecule has 0 bridgehead atoms. The van der Waals surface area contributed by atoms with Crippen molar-refractivity contribution in [3.63, 3.8) is 0 Å². The molecule has 1 aromatic rings. The fraction of sp³-hybridized carbons (Fsp3) is 0.556. The minimum atomic E-state index is -1.21. The Labute approximate surface area is 104 Å². The monoisotopic (exact) mass is 280 g/mol. The van der Waals surface area contributed by atoms with Crippen LogP contribution in [0.1, 0.15) is 6.23 Å². The molecule has 9 heteroatoms. The zero-order valence-electron chi connectivity index (χ0n) is 8.92. The highest BCUT2D eigenvalue weighted by atomic mass is 35.5. The van der Waals surface area contributed by atoms with Gasteiger partial charge in [-0.05, 0) is 0 Å². The van der Waals surface area contributed by atoms with Gasteiger partial charge in [-0.1, -0.05) is 0 Å². The molecule has 0 aromatic carbocycles. The van der Waals surface area contributed by atoms with Crippen molar-refractivity contribution in [2.75, 3.05) is 6.61 Å². The third-order valence-corrected chi connectivity index (χ3v) is 3.15. The number of nitrogens with one attached hydrogen (secondary N) is 1. The Morgan fingerprint density at radius 2 is 2.22 bits per heavy atom. The molecule has 0 radical (unpaired) electrons. The van der Waals surface area contributed by atoms with E-state index in [-0.39, 0.29) is 0 Å². The van der Waals surface area contributed by atoms with Crippen LogP contribution >= 0.6 is 11.6 Å². The van der Waals surface area contributed by atoms with Crippen molar-refractivity contribution in [1.82, 2.24) is 9.55 Å². The van der Waals surface area contributed by atoms with Crippen LogP contribution in [0.4, 0.5) is 4.39 Å². The lowest BCUT2D eigenvalue weighted by molar-refractivity contribution is -0.0460. The third kappa shape index (κ3) is 2.07. The van der Waals surface area contributed by atoms with Crippen molar-refractivity contribution in [1.29, 1.82) is 0 Å². The normalized spacial score (nSPS) is 31.8. The van der Waals surface area contributed by atoms with E-state index < -0.39 is 47.5 Å². The van der Waals surface area contributed by atoms with Crippen LogP contribution < -0.4 is 11.2 Å². The van der Waals surface area contributed by atoms with Crippen molar-refractivity contribution >= 4 is 11.6 Å². The van der Waals surface area contributed by atoms with Gasteiger partial charge in [0.2, 0.25) is 5.82 Å². The maximum Gasteiger partial charge on any atom is 0.330 e. The fourth-order valence-corrected chi connectivity index (χ4v) is 2.07. The Balaban J connectivity index is 2.42. The van der Waals surface area contributed by atoms with E-state index in [2.05, 4.69) is 0 Å². The van der Waals surface area contributed by atoms with E-state index >= 15 is 0 Å². The molecule has 0 spiro atoms. The van der Waals surface area contributed by atoms with Crippen LogP contribution in [-0.4, -0.2) is 44.0 Å². The van der Waals surface area contributed by atoms with Crippen molar-refractivity contribution in [2.24, 2.45) is 0 Å². The minimum Gasteiger partial charge on any atom is -0.394 e. The van der Waals surface area contributed by atoms with Crippen molar-refractivity contribution < 1.29 is 19.3 Å². The summed E-state index contributed by atoms with van der Waals surface area (Å²) in [5.41, 5.74) is -2.07. The first-order valence-corrected chi connectivity index (χ1v) is 5.48. The maximum absolute atomic E-state index is 13.1. The van der Waals surface area contributed by atoms with E-state index in [1.165, 1.54) is 0 Å². The quantitative estimate of drug-likeness (QED) is 0.574. The standard InChI is InChI=1S/C9H10ClFN2O5/c10-5-6(15)4(2-14)18-8(5)13-1-3(11)7(16)12-9(13)17/h1,4-6,8,14-15H,2H2,(H,12,16,17)/t4-,5-,6-,8-/m1/s1. The molecule has 7 nitrogen and oxygen atoms in total. The molecule has 1 aromatic heterocycles. The molecule has 0 amide bonds. The number of halogens is 2. The molecule has 1 aliphatic rings. The number of aliphatic hydroxyl groups is 2. The van der Waals surface area contributed by atoms with Crippen LogP contribution in [0.3, 0.4) is 0 Å². The summed E-state index contributed by atoms with van der Waals surface area (Å²) in [7, 11) is 0. The lowest BCUT2D eigenvalue weighted by Gasteiger charge is -2.16. The van der Waals surface area contributed by atoms with Gasteiger partial charge in [0.05, 0.1) is 12.8 Å². The van der Waals surface area contributed by atoms with Crippen LogP contribution in [0.5, 0.6) is 0 Å². The summed E-state index contributed by atoms with van der Waals surface area (Å²) in [6.45, 7) is -0.499. The molecular weight excluding hydrogens is 271 g/mol. The third-order valence-electron chi connectivity index (χ3n) is 2.67. The van der Waals surface area contributed by atoms with Crippen LogP contribution in [0.15, 0.2) is 15.8 Å². The van der Waals surface area contributed by atoms with Crippen LogP contribution in [0.25, 0.3) is 0 Å². The molecule has 1 fully saturated rings. The smallest absolute Gasteiger partial charge is 0.330 e. The molecule has 0 aliphatic carbocycles. The van der Waals surface area contributed by atoms with Gasteiger partial charge in [-0.3, -0.25) is 14.3 Å². The summed E-state index contributed by atoms with van der Waals surface area (Å²) in [5.74, 6) is -1.18. The van der Waals surface area contributed by atoms with Crippen LogP contribution in [0.2, 0.25) is 0 Å². The van der Waals surface area contributed by atoms with E-state index in [4.69, 9.17) is 21.4 Å². The van der Waals surface area contributed by atoms with Crippen molar-refractivity contribution in [2.45, 2.75) is 23.8 Å². The summed E-state index contributed by atoms with van der Waals surface area (Å²) in [5, 5.41) is 17.5. The first-order valence-electron chi connectivity index (χ1n) is 5.05. The lowest BCUT2D eigenvalue weighted by Crippen LogP contribution is -2.36. The van der Waals surface area contributed by atoms with Crippen LogP contribution in [-0.2, 0) is 4.74 Å². The number of hydrogen-bond acceptors (Lipinski definition) is 5. The number of rotatable bonds is 2. The SMILES string of the molecule is O=c1[nH]c(=O)n([C@@H]2O[C@H](CO)[C@@H](O)[C@H]2Cl)cc1F. The number of aliphatic hydroxyl groups excluding tert-OH is 2. The molecule has 2 heterocycles. The summed E-state index contributed by atoms with van der Waals surface area (Å²) in [6, 6.07) is 0. The molecular formula is C9H10ClFN2O5. The Hall–Kier alpha value is -1.22. The summed E-state index contributed by atoms with van der Waals surface area (Å²) < 4.78 is 19.0. The number of ether oxygens (including phenoxy) is 1. The molecule has 1 aliphatic heterocycles. The van der Waals surface area contributed by atoms with Gasteiger partial charge in [-0.25, -0.2) is 4.79 Å². The zero-order chi connectivity index (χ0) is 13.4. The second kappa shape index (κ2) is 4.81. The topological polar surface area (TPSA) is 105 Å². The molecule has 0 saturated carbocycles. The van der Waals surface area contributed by atoms with Gasteiger partial charge in [-0.2, -0.15) is 4.39 Å². The lowest BCUT2D eigenvalue weighted by atomic mass is 10.2. The van der Waals surface area contributed by atoms with Gasteiger partial charge < -0.3 is 14.9 Å². The minimum absolute atomic E-state index is 0.499. The first kappa shape index (κ1) is 13.2. The van der Waals surface area contributed by atoms with Gasteiger partial charge in [0.25, 0.3) is 5.56 Å². The number of alkyl halides is 1. The van der Waals surface area contributed by atoms with Gasteiger partial charge in [0.15, 0.2) is 6.23 Å². The Kier molecular flexibility index (Phi) is 3.53. The van der Waals surface area contributed by atoms with Crippen LogP contribution in [0, 0.1) is 5.82 Å². The molecule has 0 unspecified atom stereocenters. The number of H-pyrrole nitrogens is 1. The molecule has 100 valence electrons. The highest BCUT2D eigenvalue weighted by Gasteiger charge is 2.43. The molecule has 2 rings (SSSR count). The van der Waals surface area contributed by atoms with Gasteiger partial charge in [0.1, 0.15) is 17.6 Å². The first-order chi connectivity index (χ1) is 8.45. The van der Waals surface area contributed by atoms with E-state index in [9.17, 15) is 19.1 Å². The second-order valence-electron chi connectivity index (χ2n) is 3.83. The summed E-state index contributed by atoms with van der Waals surface area (Å²) >= 11 is 5.84. The zero-order valence-corrected chi connectivity index (χ0v) is 9.67. The molecule has 4 atom stereocenters. The van der Waals surface area contributed by atoms with Gasteiger partial charge in [0, 0.05) is 0 Å². The van der Waals surface area contributed by atoms with E-state index in [0.717, 1.165) is 4.57 Å². The van der Waals surface area contributed by atoms with Crippen molar-refractivity contribution in [3.05, 3.63) is 32.9 Å². The largest absolute Gasteiger partial charge is 0.394 e. The van der Waals surface area contributed by atoms with Gasteiger partial charge >= 0.3 is 5.69 Å². The average Bonchev–Trinajstić information content (AvgIpc) is 2.61. The average molecular weight is 281 g/mol. The highest BCUT2D eigenvalue weighted by molar-refractivity contribution is 6.21. The van der Waals surface area contributed by atoms with E-state index in [1.54, 1.807) is 4.98 Å². The Bertz CT molecular complexity index is 559. The highest BCUT2D eigenvalue weighted by Crippen LogP contribution is 2.32. The molecule has 3 N–H and O–H groups in total. The molecule has 1 saturated heterocycles. The van der Waals surface area contributed by atoms with E-state index in [1.807, 2.05) is 0 Å². The number of hydrogen-bond donors (Lipinski definition) is 3. The molecule has 18 heavy (non-hydrogen) atoms.